The number of benzene rings is 2. The largest absolute Gasteiger partial charge is 0.310 e. The number of hydrogen-bond acceptors (Lipinski definition) is 4. The van der Waals surface area contributed by atoms with Crippen LogP contribution in [-0.4, -0.2) is 41.5 Å². The lowest BCUT2D eigenvalue weighted by Crippen LogP contribution is -2.41. The summed E-state index contributed by atoms with van der Waals surface area (Å²) in [6.07, 6.45) is 0.485. The van der Waals surface area contributed by atoms with Crippen LogP contribution in [0.2, 0.25) is 5.02 Å². The zero-order chi connectivity index (χ0) is 23.8. The number of aromatic nitrogens is 2. The molecule has 174 valence electrons. The summed E-state index contributed by atoms with van der Waals surface area (Å²) in [6.45, 7) is 1.83. The van der Waals surface area contributed by atoms with Crippen molar-refractivity contribution in [3.05, 3.63) is 70.9 Å². The normalized spacial score (nSPS) is 15.5. The molecule has 0 atom stereocenters. The molecule has 33 heavy (non-hydrogen) atoms. The first-order valence-corrected chi connectivity index (χ1v) is 12.1. The Balaban J connectivity index is 1.45. The molecule has 0 saturated carbocycles. The third kappa shape index (κ3) is 4.92. The van der Waals surface area contributed by atoms with E-state index in [1.807, 2.05) is 6.07 Å². The van der Waals surface area contributed by atoms with Crippen molar-refractivity contribution in [2.45, 2.75) is 24.7 Å². The number of halogens is 3. The van der Waals surface area contributed by atoms with Gasteiger partial charge in [-0.2, -0.15) is 9.40 Å². The van der Waals surface area contributed by atoms with Crippen LogP contribution in [0.25, 0.3) is 5.69 Å². The second-order valence-corrected chi connectivity index (χ2v) is 10.1. The van der Waals surface area contributed by atoms with Gasteiger partial charge in [0, 0.05) is 30.1 Å². The van der Waals surface area contributed by atoms with Gasteiger partial charge in [0.05, 0.1) is 11.4 Å². The molecule has 11 heteroatoms. The van der Waals surface area contributed by atoms with Crippen LogP contribution in [0.15, 0.2) is 53.4 Å². The van der Waals surface area contributed by atoms with Gasteiger partial charge >= 0.3 is 0 Å². The van der Waals surface area contributed by atoms with Gasteiger partial charge in [-0.15, -0.1) is 0 Å². The Kier molecular flexibility index (Phi) is 6.51. The Hall–Kier alpha value is -2.82. The minimum atomic E-state index is -4.21. The van der Waals surface area contributed by atoms with Crippen LogP contribution < -0.4 is 5.32 Å². The highest BCUT2D eigenvalue weighted by atomic mass is 35.5. The summed E-state index contributed by atoms with van der Waals surface area (Å²) in [5, 5.41) is 7.79. The van der Waals surface area contributed by atoms with Gasteiger partial charge in [0.15, 0.2) is 0 Å². The maximum atomic E-state index is 14.0. The SMILES string of the molecule is Cc1cc(NC(=O)C2CCN(S(=O)(=O)c3cc(F)ccc3F)CC2)n(-c2cccc(Cl)c2)n1. The standard InChI is InChI=1S/C22H21ClF2N4O3S/c1-14-11-21(29(27-14)18-4-2-3-16(23)12-18)26-22(30)15-7-9-28(10-8-15)33(31,32)20-13-17(24)5-6-19(20)25/h2-6,11-13,15H,7-10H2,1H3,(H,26,30). The minimum Gasteiger partial charge on any atom is -0.310 e. The molecule has 0 radical (unpaired) electrons. The topological polar surface area (TPSA) is 84.3 Å². The molecule has 4 rings (SSSR count). The van der Waals surface area contributed by atoms with E-state index in [4.69, 9.17) is 11.6 Å². The number of anilines is 1. The molecule has 3 aromatic rings. The first-order chi connectivity index (χ1) is 15.6. The van der Waals surface area contributed by atoms with Gasteiger partial charge < -0.3 is 5.32 Å². The summed E-state index contributed by atoms with van der Waals surface area (Å²) >= 11 is 6.07. The number of nitrogens with one attached hydrogen (secondary N) is 1. The van der Waals surface area contributed by atoms with E-state index in [0.29, 0.717) is 28.3 Å². The van der Waals surface area contributed by atoms with Crippen molar-refractivity contribution in [3.8, 4) is 5.69 Å². The van der Waals surface area contributed by atoms with Gasteiger partial charge in [-0.1, -0.05) is 17.7 Å². The van der Waals surface area contributed by atoms with Gasteiger partial charge in [0.2, 0.25) is 15.9 Å². The molecule has 1 fully saturated rings. The van der Waals surface area contributed by atoms with Crippen LogP contribution in [0.4, 0.5) is 14.6 Å². The van der Waals surface area contributed by atoms with Gasteiger partial charge in [0.25, 0.3) is 0 Å². The molecule has 0 aliphatic carbocycles. The summed E-state index contributed by atoms with van der Waals surface area (Å²) in [5.74, 6) is -2.10. The second-order valence-electron chi connectivity index (χ2n) is 7.80. The van der Waals surface area contributed by atoms with E-state index < -0.39 is 32.5 Å². The average Bonchev–Trinajstić information content (AvgIpc) is 3.15. The predicted octanol–water partition coefficient (Wildman–Crippen LogP) is 4.15. The number of amides is 1. The Morgan fingerprint density at radius 1 is 1.12 bits per heavy atom. The summed E-state index contributed by atoms with van der Waals surface area (Å²) in [7, 11) is -4.21. The number of hydrogen-bond donors (Lipinski definition) is 1. The summed E-state index contributed by atoms with van der Waals surface area (Å²) in [5.41, 5.74) is 1.38. The first kappa shape index (κ1) is 23.3. The molecule has 2 aromatic carbocycles. The highest BCUT2D eigenvalue weighted by Crippen LogP contribution is 2.27. The van der Waals surface area contributed by atoms with Crippen molar-refractivity contribution in [1.82, 2.24) is 14.1 Å². The molecule has 1 aromatic heterocycles. The fourth-order valence-electron chi connectivity index (χ4n) is 3.79. The Labute approximate surface area is 195 Å². The van der Waals surface area contributed by atoms with E-state index in [2.05, 4.69) is 10.4 Å². The van der Waals surface area contributed by atoms with E-state index in [1.165, 1.54) is 0 Å². The van der Waals surface area contributed by atoms with Crippen molar-refractivity contribution >= 4 is 33.3 Å². The van der Waals surface area contributed by atoms with E-state index in [-0.39, 0.29) is 31.8 Å². The zero-order valence-corrected chi connectivity index (χ0v) is 19.2. The predicted molar refractivity (Wildman–Crippen MR) is 120 cm³/mol. The van der Waals surface area contributed by atoms with Crippen LogP contribution in [0.5, 0.6) is 0 Å². The fourth-order valence-corrected chi connectivity index (χ4v) is 5.52. The van der Waals surface area contributed by atoms with Crippen molar-refractivity contribution < 1.29 is 22.0 Å². The van der Waals surface area contributed by atoms with Crippen molar-refractivity contribution in [3.63, 3.8) is 0 Å². The lowest BCUT2D eigenvalue weighted by atomic mass is 9.97. The molecule has 2 heterocycles. The summed E-state index contributed by atoms with van der Waals surface area (Å²) in [4.78, 5) is 12.2. The first-order valence-electron chi connectivity index (χ1n) is 10.2. The van der Waals surface area contributed by atoms with E-state index in [9.17, 15) is 22.0 Å². The van der Waals surface area contributed by atoms with Crippen LogP contribution in [0, 0.1) is 24.5 Å². The van der Waals surface area contributed by atoms with Crippen LogP contribution in [-0.2, 0) is 14.8 Å². The van der Waals surface area contributed by atoms with Gasteiger partial charge in [-0.25, -0.2) is 21.9 Å². The minimum absolute atomic E-state index is 0.0168. The van der Waals surface area contributed by atoms with Gasteiger partial charge in [-0.05, 0) is 56.2 Å². The fraction of sp³-hybridized carbons (Fsp3) is 0.273. The Bertz CT molecular complexity index is 1300. The quantitative estimate of drug-likeness (QED) is 0.577. The smallest absolute Gasteiger partial charge is 0.246 e. The third-order valence-electron chi connectivity index (χ3n) is 5.47. The lowest BCUT2D eigenvalue weighted by Gasteiger charge is -2.30. The van der Waals surface area contributed by atoms with Crippen molar-refractivity contribution in [2.24, 2.45) is 5.92 Å². The molecule has 0 bridgehead atoms. The molecule has 1 aliphatic heterocycles. The number of sulfonamides is 1. The number of carbonyl (C=O) groups is 1. The summed E-state index contributed by atoms with van der Waals surface area (Å²) < 4.78 is 55.7. The molecular formula is C22H21ClF2N4O3S. The van der Waals surface area contributed by atoms with Gasteiger partial charge in [0.1, 0.15) is 22.3 Å². The molecule has 1 saturated heterocycles. The van der Waals surface area contributed by atoms with Crippen molar-refractivity contribution in [2.75, 3.05) is 18.4 Å². The monoisotopic (exact) mass is 494 g/mol. The van der Waals surface area contributed by atoms with Crippen LogP contribution in [0.3, 0.4) is 0 Å². The summed E-state index contributed by atoms with van der Waals surface area (Å²) in [6, 6.07) is 11.1. The Morgan fingerprint density at radius 3 is 2.55 bits per heavy atom. The van der Waals surface area contributed by atoms with Crippen LogP contribution >= 0.6 is 11.6 Å². The van der Waals surface area contributed by atoms with Crippen LogP contribution in [0.1, 0.15) is 18.5 Å². The molecule has 1 aliphatic rings. The maximum absolute atomic E-state index is 14.0. The highest BCUT2D eigenvalue weighted by Gasteiger charge is 2.34. The maximum Gasteiger partial charge on any atom is 0.246 e. The molecule has 0 unspecified atom stereocenters. The van der Waals surface area contributed by atoms with E-state index in [0.717, 1.165) is 16.4 Å². The lowest BCUT2D eigenvalue weighted by molar-refractivity contribution is -0.120. The van der Waals surface area contributed by atoms with E-state index >= 15 is 0 Å². The molecule has 1 N–H and O–H groups in total. The van der Waals surface area contributed by atoms with Crippen molar-refractivity contribution in [1.29, 1.82) is 0 Å². The van der Waals surface area contributed by atoms with Gasteiger partial charge in [-0.3, -0.25) is 4.79 Å². The number of nitrogens with zero attached hydrogens (tertiary/aromatic N) is 3. The molecule has 0 spiro atoms. The zero-order valence-electron chi connectivity index (χ0n) is 17.6. The second kappa shape index (κ2) is 9.20. The Morgan fingerprint density at radius 2 is 1.85 bits per heavy atom. The average molecular weight is 495 g/mol. The molecule has 1 amide bonds. The number of aryl methyl sites for hydroxylation is 1. The molecule has 7 nitrogen and oxygen atoms in total. The van der Waals surface area contributed by atoms with E-state index in [1.54, 1.807) is 35.9 Å². The molecular weight excluding hydrogens is 474 g/mol. The number of piperidine rings is 1. The number of rotatable bonds is 5. The third-order valence-corrected chi connectivity index (χ3v) is 7.62. The highest BCUT2D eigenvalue weighted by molar-refractivity contribution is 7.89. The number of carbonyl (C=O) groups excluding carboxylic acids is 1.